The number of carbonyl (C=O) groups is 1. The van der Waals surface area contributed by atoms with E-state index in [1.807, 2.05) is 7.05 Å². The quantitative estimate of drug-likeness (QED) is 0.790. The molecule has 1 aromatic carbocycles. The van der Waals surface area contributed by atoms with Crippen LogP contribution in [0, 0.1) is 11.3 Å². The monoisotopic (exact) mass is 244 g/mol. The number of anilines is 1. The Morgan fingerprint density at radius 1 is 1.56 bits per heavy atom. The number of hydrogen-bond acceptors (Lipinski definition) is 4. The number of hydrogen-bond donors (Lipinski definition) is 2. The van der Waals surface area contributed by atoms with Crippen molar-refractivity contribution in [1.29, 1.82) is 5.26 Å². The summed E-state index contributed by atoms with van der Waals surface area (Å²) in [5, 5.41) is 14.9. The lowest BCUT2D eigenvalue weighted by atomic mass is 10.1. The summed E-state index contributed by atoms with van der Waals surface area (Å²) in [7, 11) is 1.99. The van der Waals surface area contributed by atoms with Crippen LogP contribution in [-0.4, -0.2) is 43.5 Å². The highest BCUT2D eigenvalue weighted by molar-refractivity contribution is 5.96. The molecule has 94 valence electrons. The summed E-state index contributed by atoms with van der Waals surface area (Å²) in [6, 6.07) is 8.85. The summed E-state index contributed by atoms with van der Waals surface area (Å²) in [4.78, 5) is 14.2. The fraction of sp³-hybridized carbons (Fsp3) is 0.385. The smallest absolute Gasteiger partial charge is 0.242 e. The zero-order valence-electron chi connectivity index (χ0n) is 10.3. The maximum atomic E-state index is 12.1. The third-order valence-corrected chi connectivity index (χ3v) is 3.00. The number of rotatable bonds is 2. The van der Waals surface area contributed by atoms with Gasteiger partial charge in [-0.15, -0.1) is 0 Å². The minimum atomic E-state index is -0.226. The van der Waals surface area contributed by atoms with Gasteiger partial charge in [0.1, 0.15) is 6.07 Å². The second-order valence-corrected chi connectivity index (χ2v) is 4.42. The summed E-state index contributed by atoms with van der Waals surface area (Å²) in [5.74, 6) is -0.0933. The SMILES string of the molecule is CN1CCNC(C(=O)Nc2ccccc2C#N)C1. The molecule has 2 N–H and O–H groups in total. The van der Waals surface area contributed by atoms with Crippen molar-refractivity contribution in [3.05, 3.63) is 29.8 Å². The molecular weight excluding hydrogens is 228 g/mol. The molecule has 0 aliphatic carbocycles. The molecule has 1 unspecified atom stereocenters. The highest BCUT2D eigenvalue weighted by atomic mass is 16.2. The standard InChI is InChI=1S/C13H16N4O/c1-17-7-6-15-12(9-17)13(18)16-11-5-3-2-4-10(11)8-14/h2-5,12,15H,6-7,9H2,1H3,(H,16,18). The first-order valence-electron chi connectivity index (χ1n) is 5.92. The predicted octanol–water partition coefficient (Wildman–Crippen LogP) is 0.400. The van der Waals surface area contributed by atoms with Gasteiger partial charge in [0.15, 0.2) is 0 Å². The van der Waals surface area contributed by atoms with E-state index in [2.05, 4.69) is 21.6 Å². The van der Waals surface area contributed by atoms with Crippen LogP contribution in [-0.2, 0) is 4.79 Å². The first-order chi connectivity index (χ1) is 8.70. The molecule has 1 heterocycles. The van der Waals surface area contributed by atoms with E-state index in [0.717, 1.165) is 13.1 Å². The Balaban J connectivity index is 2.05. The summed E-state index contributed by atoms with van der Waals surface area (Å²) >= 11 is 0. The molecule has 18 heavy (non-hydrogen) atoms. The molecule has 0 spiro atoms. The molecule has 2 rings (SSSR count). The van der Waals surface area contributed by atoms with Gasteiger partial charge in [-0.25, -0.2) is 0 Å². The number of nitrogens with zero attached hydrogens (tertiary/aromatic N) is 2. The fourth-order valence-electron chi connectivity index (χ4n) is 1.98. The maximum Gasteiger partial charge on any atom is 0.242 e. The van der Waals surface area contributed by atoms with E-state index in [1.165, 1.54) is 0 Å². The third kappa shape index (κ3) is 2.86. The molecule has 1 atom stereocenters. The first kappa shape index (κ1) is 12.6. The van der Waals surface area contributed by atoms with E-state index in [1.54, 1.807) is 24.3 Å². The number of likely N-dealkylation sites (N-methyl/N-ethyl adjacent to an activating group) is 1. The van der Waals surface area contributed by atoms with Crippen LogP contribution >= 0.6 is 0 Å². The van der Waals surface area contributed by atoms with Crippen molar-refractivity contribution < 1.29 is 4.79 Å². The highest BCUT2D eigenvalue weighted by Gasteiger charge is 2.23. The molecule has 1 aromatic rings. The van der Waals surface area contributed by atoms with Crippen LogP contribution in [0.15, 0.2) is 24.3 Å². The summed E-state index contributed by atoms with van der Waals surface area (Å²) in [5.41, 5.74) is 1.05. The van der Waals surface area contributed by atoms with E-state index >= 15 is 0 Å². The van der Waals surface area contributed by atoms with Gasteiger partial charge in [0.05, 0.1) is 17.3 Å². The van der Waals surface area contributed by atoms with Crippen LogP contribution in [0.5, 0.6) is 0 Å². The van der Waals surface area contributed by atoms with Gasteiger partial charge in [0.2, 0.25) is 5.91 Å². The zero-order chi connectivity index (χ0) is 13.0. The van der Waals surface area contributed by atoms with Gasteiger partial charge < -0.3 is 15.5 Å². The van der Waals surface area contributed by atoms with E-state index in [0.29, 0.717) is 17.8 Å². The number of nitrogens with one attached hydrogen (secondary N) is 2. The third-order valence-electron chi connectivity index (χ3n) is 3.00. The number of carbonyl (C=O) groups excluding carboxylic acids is 1. The van der Waals surface area contributed by atoms with E-state index < -0.39 is 0 Å². The number of piperazine rings is 1. The van der Waals surface area contributed by atoms with Gasteiger partial charge in [0.25, 0.3) is 0 Å². The second kappa shape index (κ2) is 5.63. The molecule has 0 aromatic heterocycles. The summed E-state index contributed by atoms with van der Waals surface area (Å²) < 4.78 is 0. The van der Waals surface area contributed by atoms with Crippen LogP contribution in [0.2, 0.25) is 0 Å². The van der Waals surface area contributed by atoms with Crippen molar-refractivity contribution in [1.82, 2.24) is 10.2 Å². The van der Waals surface area contributed by atoms with Crippen LogP contribution in [0.3, 0.4) is 0 Å². The normalized spacial score (nSPS) is 20.1. The molecule has 5 heteroatoms. The molecule has 0 saturated carbocycles. The Bertz CT molecular complexity index is 480. The molecule has 1 fully saturated rings. The van der Waals surface area contributed by atoms with Gasteiger partial charge >= 0.3 is 0 Å². The molecule has 1 saturated heterocycles. The molecule has 5 nitrogen and oxygen atoms in total. The van der Waals surface area contributed by atoms with Crippen molar-refractivity contribution >= 4 is 11.6 Å². The average Bonchev–Trinajstić information content (AvgIpc) is 2.39. The molecule has 1 amide bonds. The minimum absolute atomic E-state index is 0.0933. The number of nitriles is 1. The van der Waals surface area contributed by atoms with Crippen molar-refractivity contribution in [2.24, 2.45) is 0 Å². The van der Waals surface area contributed by atoms with Crippen molar-refractivity contribution in [2.75, 3.05) is 32.0 Å². The van der Waals surface area contributed by atoms with Crippen molar-refractivity contribution in [2.45, 2.75) is 6.04 Å². The second-order valence-electron chi connectivity index (χ2n) is 4.42. The maximum absolute atomic E-state index is 12.1. The van der Waals surface area contributed by atoms with Gasteiger partial charge in [-0.1, -0.05) is 12.1 Å². The lowest BCUT2D eigenvalue weighted by Crippen LogP contribution is -2.54. The van der Waals surface area contributed by atoms with Gasteiger partial charge in [-0.2, -0.15) is 5.26 Å². The van der Waals surface area contributed by atoms with E-state index in [-0.39, 0.29) is 11.9 Å². The summed E-state index contributed by atoms with van der Waals surface area (Å²) in [6.45, 7) is 2.42. The van der Waals surface area contributed by atoms with Crippen LogP contribution in [0.4, 0.5) is 5.69 Å². The van der Waals surface area contributed by atoms with Gasteiger partial charge in [-0.05, 0) is 19.2 Å². The van der Waals surface area contributed by atoms with Crippen LogP contribution in [0.1, 0.15) is 5.56 Å². The van der Waals surface area contributed by atoms with Gasteiger partial charge in [0, 0.05) is 19.6 Å². The Morgan fingerprint density at radius 2 is 2.33 bits per heavy atom. The average molecular weight is 244 g/mol. The number of amides is 1. The Morgan fingerprint density at radius 3 is 3.06 bits per heavy atom. The minimum Gasteiger partial charge on any atom is -0.323 e. The molecule has 1 aliphatic heterocycles. The molecular formula is C13H16N4O. The highest BCUT2D eigenvalue weighted by Crippen LogP contribution is 2.14. The molecule has 1 aliphatic rings. The topological polar surface area (TPSA) is 68.2 Å². The summed E-state index contributed by atoms with van der Waals surface area (Å²) in [6.07, 6.45) is 0. The van der Waals surface area contributed by atoms with Crippen molar-refractivity contribution in [3.8, 4) is 6.07 Å². The molecule has 0 radical (unpaired) electrons. The molecule has 0 bridgehead atoms. The lowest BCUT2D eigenvalue weighted by Gasteiger charge is -2.29. The first-order valence-corrected chi connectivity index (χ1v) is 5.92. The van der Waals surface area contributed by atoms with Gasteiger partial charge in [-0.3, -0.25) is 4.79 Å². The van der Waals surface area contributed by atoms with Crippen LogP contribution in [0.25, 0.3) is 0 Å². The van der Waals surface area contributed by atoms with E-state index in [4.69, 9.17) is 5.26 Å². The Hall–Kier alpha value is -1.90. The number of benzene rings is 1. The fourth-order valence-corrected chi connectivity index (χ4v) is 1.98. The predicted molar refractivity (Wildman–Crippen MR) is 69.1 cm³/mol. The Labute approximate surface area is 106 Å². The van der Waals surface area contributed by atoms with Crippen LogP contribution < -0.4 is 10.6 Å². The van der Waals surface area contributed by atoms with Crippen molar-refractivity contribution in [3.63, 3.8) is 0 Å². The zero-order valence-corrected chi connectivity index (χ0v) is 10.3. The number of para-hydroxylation sites is 1. The largest absolute Gasteiger partial charge is 0.323 e. The van der Waals surface area contributed by atoms with E-state index in [9.17, 15) is 4.79 Å². The lowest BCUT2D eigenvalue weighted by molar-refractivity contribution is -0.119. The Kier molecular flexibility index (Phi) is 3.92.